The van der Waals surface area contributed by atoms with Gasteiger partial charge in [-0.05, 0) is 56.0 Å². The van der Waals surface area contributed by atoms with Crippen LogP contribution in [-0.4, -0.2) is 48.3 Å². The Morgan fingerprint density at radius 3 is 2.69 bits per heavy atom. The van der Waals surface area contributed by atoms with Crippen LogP contribution in [0.4, 0.5) is 5.82 Å². The van der Waals surface area contributed by atoms with Crippen LogP contribution in [0.25, 0.3) is 27.8 Å². The van der Waals surface area contributed by atoms with E-state index in [0.29, 0.717) is 18.1 Å². The molecule has 2 aliphatic heterocycles. The van der Waals surface area contributed by atoms with Gasteiger partial charge in [0.2, 0.25) is 0 Å². The molecule has 0 amide bonds. The molecule has 0 spiro atoms. The van der Waals surface area contributed by atoms with E-state index in [4.69, 9.17) is 0 Å². The van der Waals surface area contributed by atoms with E-state index >= 15 is 0 Å². The molecule has 0 saturated carbocycles. The molecule has 0 aliphatic carbocycles. The standard InChI is InChI=1S/C21H22N8/c1-8-23-29(9-1)19-6-4-16(21-17(19)12-22-28-21)18-5-7-20(27-26-18)25-15-10-13-2-3-14(11-15)24-13/h1,4-9,12-15,24H,2-3,10-11H2,(H,22,28)(H,25,27). The molecule has 2 atom stereocenters. The second-order valence-electron chi connectivity index (χ2n) is 8.00. The molecule has 2 bridgehead atoms. The first-order valence-electron chi connectivity index (χ1n) is 10.2. The Bertz CT molecular complexity index is 1120. The van der Waals surface area contributed by atoms with Crippen molar-refractivity contribution in [3.8, 4) is 16.9 Å². The lowest BCUT2D eigenvalue weighted by atomic mass is 10.00. The summed E-state index contributed by atoms with van der Waals surface area (Å²) in [5.74, 6) is 0.842. The number of hydrogen-bond acceptors (Lipinski definition) is 6. The number of aromatic amines is 1. The van der Waals surface area contributed by atoms with Crippen LogP contribution < -0.4 is 10.6 Å². The predicted octanol–water partition coefficient (Wildman–Crippen LogP) is 2.90. The van der Waals surface area contributed by atoms with E-state index in [1.54, 1.807) is 6.20 Å². The summed E-state index contributed by atoms with van der Waals surface area (Å²) in [6.45, 7) is 0. The largest absolute Gasteiger partial charge is 0.366 e. The zero-order chi connectivity index (χ0) is 19.2. The number of piperidine rings is 1. The van der Waals surface area contributed by atoms with E-state index in [1.165, 1.54) is 12.8 Å². The number of nitrogens with one attached hydrogen (secondary N) is 3. The van der Waals surface area contributed by atoms with Gasteiger partial charge >= 0.3 is 0 Å². The summed E-state index contributed by atoms with van der Waals surface area (Å²) in [5, 5.41) is 28.9. The van der Waals surface area contributed by atoms with Gasteiger partial charge in [0, 0.05) is 41.5 Å². The minimum atomic E-state index is 0.474. The maximum absolute atomic E-state index is 4.49. The first-order valence-corrected chi connectivity index (χ1v) is 10.2. The third-order valence-corrected chi connectivity index (χ3v) is 6.11. The third-order valence-electron chi connectivity index (χ3n) is 6.11. The van der Waals surface area contributed by atoms with E-state index in [1.807, 2.05) is 47.4 Å². The van der Waals surface area contributed by atoms with E-state index in [-0.39, 0.29) is 0 Å². The van der Waals surface area contributed by atoms with Gasteiger partial charge in [0.15, 0.2) is 0 Å². The van der Waals surface area contributed by atoms with Crippen LogP contribution in [0, 0.1) is 0 Å². The maximum Gasteiger partial charge on any atom is 0.148 e. The number of hydrogen-bond donors (Lipinski definition) is 3. The fourth-order valence-electron chi connectivity index (χ4n) is 4.78. The van der Waals surface area contributed by atoms with Gasteiger partial charge in [-0.1, -0.05) is 0 Å². The van der Waals surface area contributed by atoms with Crippen molar-refractivity contribution in [1.29, 1.82) is 0 Å². The molecule has 2 fully saturated rings. The van der Waals surface area contributed by atoms with Crippen LogP contribution >= 0.6 is 0 Å². The fraction of sp³-hybridized carbons (Fsp3) is 0.333. The molecule has 2 saturated heterocycles. The first kappa shape index (κ1) is 16.7. The van der Waals surface area contributed by atoms with Gasteiger partial charge < -0.3 is 10.6 Å². The van der Waals surface area contributed by atoms with Crippen molar-refractivity contribution in [3.05, 3.63) is 48.9 Å². The lowest BCUT2D eigenvalue weighted by molar-refractivity contribution is 0.377. The number of anilines is 1. The average molecular weight is 386 g/mol. The van der Waals surface area contributed by atoms with Crippen molar-refractivity contribution in [3.63, 3.8) is 0 Å². The van der Waals surface area contributed by atoms with Gasteiger partial charge in [-0.15, -0.1) is 10.2 Å². The fourth-order valence-corrected chi connectivity index (χ4v) is 4.78. The van der Waals surface area contributed by atoms with Crippen molar-refractivity contribution in [1.82, 2.24) is 35.5 Å². The Morgan fingerprint density at radius 1 is 1.03 bits per heavy atom. The van der Waals surface area contributed by atoms with Crippen molar-refractivity contribution >= 4 is 16.7 Å². The molecular weight excluding hydrogens is 364 g/mol. The minimum Gasteiger partial charge on any atom is -0.366 e. The topological polar surface area (TPSA) is 96.3 Å². The molecule has 2 unspecified atom stereocenters. The molecule has 3 N–H and O–H groups in total. The molecule has 0 radical (unpaired) electrons. The lowest BCUT2D eigenvalue weighted by Crippen LogP contribution is -2.43. The van der Waals surface area contributed by atoms with E-state index in [0.717, 1.165) is 46.5 Å². The average Bonchev–Trinajstić information content (AvgIpc) is 3.49. The summed E-state index contributed by atoms with van der Waals surface area (Å²) < 4.78 is 1.84. The smallest absolute Gasteiger partial charge is 0.148 e. The van der Waals surface area contributed by atoms with Crippen LogP contribution in [0.2, 0.25) is 0 Å². The first-order chi connectivity index (χ1) is 14.3. The van der Waals surface area contributed by atoms with Crippen molar-refractivity contribution in [2.45, 2.75) is 43.8 Å². The van der Waals surface area contributed by atoms with Crippen molar-refractivity contribution < 1.29 is 0 Å². The highest BCUT2D eigenvalue weighted by Crippen LogP contribution is 2.31. The van der Waals surface area contributed by atoms with Crippen LogP contribution in [0.1, 0.15) is 25.7 Å². The van der Waals surface area contributed by atoms with Gasteiger partial charge in [-0.2, -0.15) is 10.2 Å². The zero-order valence-corrected chi connectivity index (χ0v) is 15.9. The second-order valence-corrected chi connectivity index (χ2v) is 8.00. The SMILES string of the molecule is c1cnn(-c2ccc(-c3ccc(NC4CC5CCC(C4)N5)nn3)c3[nH]ncc23)c1. The molecule has 1 aromatic carbocycles. The number of rotatable bonds is 4. The van der Waals surface area contributed by atoms with Crippen LogP contribution in [0.15, 0.2) is 48.9 Å². The molecule has 4 aromatic rings. The Labute approximate surface area is 167 Å². The van der Waals surface area contributed by atoms with Crippen LogP contribution in [-0.2, 0) is 0 Å². The molecule has 146 valence electrons. The highest BCUT2D eigenvalue weighted by molar-refractivity contribution is 5.97. The van der Waals surface area contributed by atoms with E-state index in [9.17, 15) is 0 Å². The van der Waals surface area contributed by atoms with Crippen molar-refractivity contribution in [2.75, 3.05) is 5.32 Å². The predicted molar refractivity (Wildman–Crippen MR) is 111 cm³/mol. The quantitative estimate of drug-likeness (QED) is 0.499. The van der Waals surface area contributed by atoms with Gasteiger partial charge in [0.25, 0.3) is 0 Å². The summed E-state index contributed by atoms with van der Waals surface area (Å²) >= 11 is 0. The Morgan fingerprint density at radius 2 is 1.93 bits per heavy atom. The third kappa shape index (κ3) is 2.96. The number of aromatic nitrogens is 6. The zero-order valence-electron chi connectivity index (χ0n) is 15.9. The summed E-state index contributed by atoms with van der Waals surface area (Å²) in [4.78, 5) is 0. The molecule has 6 rings (SSSR count). The van der Waals surface area contributed by atoms with Gasteiger partial charge in [-0.25, -0.2) is 4.68 Å². The molecule has 5 heterocycles. The van der Waals surface area contributed by atoms with Gasteiger partial charge in [-0.3, -0.25) is 5.10 Å². The molecule has 29 heavy (non-hydrogen) atoms. The number of nitrogens with zero attached hydrogens (tertiary/aromatic N) is 5. The highest BCUT2D eigenvalue weighted by atomic mass is 15.3. The highest BCUT2D eigenvalue weighted by Gasteiger charge is 2.33. The normalized spacial score (nSPS) is 23.5. The molecule has 3 aromatic heterocycles. The number of benzene rings is 1. The van der Waals surface area contributed by atoms with Crippen LogP contribution in [0.5, 0.6) is 0 Å². The number of H-pyrrole nitrogens is 1. The molecule has 8 nitrogen and oxygen atoms in total. The summed E-state index contributed by atoms with van der Waals surface area (Å²) in [7, 11) is 0. The summed E-state index contributed by atoms with van der Waals surface area (Å²) in [5.41, 5.74) is 3.71. The minimum absolute atomic E-state index is 0.474. The number of fused-ring (bicyclic) bond motifs is 3. The molecule has 2 aliphatic rings. The lowest BCUT2D eigenvalue weighted by Gasteiger charge is -2.29. The monoisotopic (exact) mass is 386 g/mol. The maximum atomic E-state index is 4.49. The van der Waals surface area contributed by atoms with Crippen molar-refractivity contribution in [2.24, 2.45) is 0 Å². The molecular formula is C21H22N8. The Balaban J connectivity index is 1.27. The Hall–Kier alpha value is -3.26. The Kier molecular flexibility index (Phi) is 3.83. The summed E-state index contributed by atoms with van der Waals surface area (Å²) in [6.07, 6.45) is 10.4. The van der Waals surface area contributed by atoms with E-state index in [2.05, 4.69) is 36.1 Å². The summed E-state index contributed by atoms with van der Waals surface area (Å²) in [6, 6.07) is 11.8. The van der Waals surface area contributed by atoms with Gasteiger partial charge in [0.05, 0.1) is 23.1 Å². The van der Waals surface area contributed by atoms with E-state index < -0.39 is 0 Å². The molecule has 8 heteroatoms. The van der Waals surface area contributed by atoms with Gasteiger partial charge in [0.1, 0.15) is 5.82 Å². The second kappa shape index (κ2) is 6.66. The van der Waals surface area contributed by atoms with Crippen LogP contribution in [0.3, 0.4) is 0 Å².